The molecule has 5 rings (SSSR count). The summed E-state index contributed by atoms with van der Waals surface area (Å²) in [6.45, 7) is 4.74. The van der Waals surface area contributed by atoms with Gasteiger partial charge in [-0.3, -0.25) is 14.5 Å². The summed E-state index contributed by atoms with van der Waals surface area (Å²) < 4.78 is 0. The van der Waals surface area contributed by atoms with Crippen LogP contribution in [0.5, 0.6) is 0 Å². The molecule has 3 aromatic rings. The second-order valence-corrected chi connectivity index (χ2v) is 9.21. The van der Waals surface area contributed by atoms with Crippen molar-refractivity contribution in [3.8, 4) is 11.4 Å². The number of fused-ring (bicyclic) bond motifs is 1. The van der Waals surface area contributed by atoms with Crippen LogP contribution in [0.2, 0.25) is 0 Å². The molecule has 0 spiro atoms. The molecule has 0 atom stereocenters. The maximum Gasteiger partial charge on any atom is 0.233 e. The Hall–Kier alpha value is -3.34. The zero-order chi connectivity index (χ0) is 22.2. The molecule has 0 radical (unpaired) electrons. The number of anilines is 1. The summed E-state index contributed by atoms with van der Waals surface area (Å²) in [5, 5.41) is 0. The first-order valence-corrected chi connectivity index (χ1v) is 11.4. The molecule has 1 amide bonds. The first kappa shape index (κ1) is 20.6. The van der Waals surface area contributed by atoms with Crippen molar-refractivity contribution in [1.29, 1.82) is 0 Å². The first-order chi connectivity index (χ1) is 15.5. The maximum atomic E-state index is 12.8. The minimum atomic E-state index is 0.0254. The van der Waals surface area contributed by atoms with E-state index in [9.17, 15) is 9.59 Å². The summed E-state index contributed by atoms with van der Waals surface area (Å²) in [7, 11) is 0. The fraction of sp³-hybridized carbons (Fsp3) is 0.333. The molecule has 0 bridgehead atoms. The average Bonchev–Trinajstić information content (AvgIpc) is 3.56. The fourth-order valence-corrected chi connectivity index (χ4v) is 4.31. The van der Waals surface area contributed by atoms with Gasteiger partial charge in [0.25, 0.3) is 0 Å². The Morgan fingerprint density at radius 2 is 1.84 bits per heavy atom. The van der Waals surface area contributed by atoms with Gasteiger partial charge in [0.05, 0.1) is 13.0 Å². The number of hydrogen-bond acceptors (Lipinski definition) is 4. The zero-order valence-corrected chi connectivity index (χ0v) is 18.5. The third kappa shape index (κ3) is 4.07. The van der Waals surface area contributed by atoms with Crippen molar-refractivity contribution in [3.63, 3.8) is 0 Å². The van der Waals surface area contributed by atoms with Crippen molar-refractivity contribution in [2.75, 3.05) is 4.90 Å². The molecule has 1 aliphatic heterocycles. The van der Waals surface area contributed by atoms with E-state index in [0.717, 1.165) is 22.3 Å². The summed E-state index contributed by atoms with van der Waals surface area (Å²) in [6, 6.07) is 15.8. The summed E-state index contributed by atoms with van der Waals surface area (Å²) in [5.41, 5.74) is 4.79. The lowest BCUT2D eigenvalue weighted by Crippen LogP contribution is -2.26. The molecule has 2 heterocycles. The van der Waals surface area contributed by atoms with Crippen LogP contribution in [0.1, 0.15) is 66.1 Å². The van der Waals surface area contributed by atoms with Crippen LogP contribution in [0.4, 0.5) is 5.82 Å². The standard InChI is InChI=1S/C27H27N3O2/c1-17(2)22-5-3-4-6-23(22)26-28-15-21-14-25(32)30(27(21)29-26)16-19-9-11-20(12-10-19)24(31)13-18-7-8-18/h3-6,9-12,15,17-18H,7-8,13-14,16H2,1-2H3. The van der Waals surface area contributed by atoms with Gasteiger partial charge in [-0.25, -0.2) is 9.97 Å². The molecule has 2 aliphatic rings. The van der Waals surface area contributed by atoms with E-state index in [4.69, 9.17) is 4.98 Å². The Bertz CT molecular complexity index is 1180. The molecule has 1 saturated carbocycles. The topological polar surface area (TPSA) is 63.2 Å². The second-order valence-electron chi connectivity index (χ2n) is 9.21. The molecule has 0 unspecified atom stereocenters. The molecule has 5 heteroatoms. The Morgan fingerprint density at radius 3 is 2.56 bits per heavy atom. The quantitative estimate of drug-likeness (QED) is 0.480. The van der Waals surface area contributed by atoms with Crippen LogP contribution < -0.4 is 4.90 Å². The molecular weight excluding hydrogens is 398 g/mol. The number of hydrogen-bond donors (Lipinski definition) is 0. The minimum absolute atomic E-state index is 0.0254. The highest BCUT2D eigenvalue weighted by atomic mass is 16.2. The van der Waals surface area contributed by atoms with Gasteiger partial charge in [-0.2, -0.15) is 0 Å². The van der Waals surface area contributed by atoms with Crippen LogP contribution in [0, 0.1) is 5.92 Å². The Kier molecular flexibility index (Phi) is 5.33. The van der Waals surface area contributed by atoms with Crippen LogP contribution in [0.3, 0.4) is 0 Å². The first-order valence-electron chi connectivity index (χ1n) is 11.4. The van der Waals surface area contributed by atoms with Crippen LogP contribution in [-0.4, -0.2) is 21.7 Å². The summed E-state index contributed by atoms with van der Waals surface area (Å²) >= 11 is 0. The number of nitrogens with zero attached hydrogens (tertiary/aromatic N) is 3. The van der Waals surface area contributed by atoms with Crippen molar-refractivity contribution in [2.24, 2.45) is 5.92 Å². The van der Waals surface area contributed by atoms with Crippen molar-refractivity contribution < 1.29 is 9.59 Å². The highest BCUT2D eigenvalue weighted by Crippen LogP contribution is 2.34. The number of amides is 1. The lowest BCUT2D eigenvalue weighted by atomic mass is 9.97. The Labute approximate surface area is 188 Å². The lowest BCUT2D eigenvalue weighted by Gasteiger charge is -2.18. The van der Waals surface area contributed by atoms with Gasteiger partial charge in [-0.15, -0.1) is 0 Å². The van der Waals surface area contributed by atoms with Gasteiger partial charge in [0.1, 0.15) is 5.82 Å². The van der Waals surface area contributed by atoms with E-state index < -0.39 is 0 Å². The smallest absolute Gasteiger partial charge is 0.233 e. The number of carbonyl (C=O) groups excluding carboxylic acids is 2. The van der Waals surface area contributed by atoms with Gasteiger partial charge < -0.3 is 0 Å². The highest BCUT2D eigenvalue weighted by Gasteiger charge is 2.30. The lowest BCUT2D eigenvalue weighted by molar-refractivity contribution is -0.117. The third-order valence-electron chi connectivity index (χ3n) is 6.35. The van der Waals surface area contributed by atoms with Gasteiger partial charge in [0, 0.05) is 29.3 Å². The fourth-order valence-electron chi connectivity index (χ4n) is 4.31. The van der Waals surface area contributed by atoms with E-state index in [2.05, 4.69) is 24.9 Å². The molecule has 1 aromatic heterocycles. The van der Waals surface area contributed by atoms with E-state index >= 15 is 0 Å². The molecule has 162 valence electrons. The van der Waals surface area contributed by atoms with E-state index in [0.29, 0.717) is 42.9 Å². The van der Waals surface area contributed by atoms with Crippen molar-refractivity contribution in [3.05, 3.63) is 77.0 Å². The maximum absolute atomic E-state index is 12.8. The SMILES string of the molecule is CC(C)c1ccccc1-c1ncc2c(n1)N(Cc1ccc(C(=O)CC3CC3)cc1)C(=O)C2. The molecule has 0 N–H and O–H groups in total. The van der Waals surface area contributed by atoms with E-state index in [1.165, 1.54) is 18.4 Å². The van der Waals surface area contributed by atoms with Crippen molar-refractivity contribution in [2.45, 2.75) is 52.0 Å². The number of Topliss-reactive ketones (excluding diaryl/α,β-unsaturated/α-hetero) is 1. The van der Waals surface area contributed by atoms with Crippen LogP contribution in [0.15, 0.2) is 54.7 Å². The number of carbonyl (C=O) groups is 2. The summed E-state index contributed by atoms with van der Waals surface area (Å²) in [6.07, 6.45) is 5.10. The minimum Gasteiger partial charge on any atom is -0.294 e. The van der Waals surface area contributed by atoms with E-state index in [1.807, 2.05) is 42.5 Å². The average molecular weight is 426 g/mol. The third-order valence-corrected chi connectivity index (χ3v) is 6.35. The Balaban J connectivity index is 1.40. The Morgan fingerprint density at radius 1 is 1.09 bits per heavy atom. The largest absolute Gasteiger partial charge is 0.294 e. The van der Waals surface area contributed by atoms with Gasteiger partial charge in [-0.05, 0) is 35.8 Å². The summed E-state index contributed by atoms with van der Waals surface area (Å²) in [4.78, 5) is 36.2. The molecular formula is C27H27N3O2. The van der Waals surface area contributed by atoms with Gasteiger partial charge in [0.15, 0.2) is 11.6 Å². The van der Waals surface area contributed by atoms with Gasteiger partial charge in [-0.1, -0.05) is 62.4 Å². The predicted octanol–water partition coefficient (Wildman–Crippen LogP) is 5.34. The van der Waals surface area contributed by atoms with Crippen molar-refractivity contribution >= 4 is 17.5 Å². The molecule has 32 heavy (non-hydrogen) atoms. The van der Waals surface area contributed by atoms with Crippen LogP contribution >= 0.6 is 0 Å². The highest BCUT2D eigenvalue weighted by molar-refractivity contribution is 6.00. The van der Waals surface area contributed by atoms with Gasteiger partial charge in [0.2, 0.25) is 5.91 Å². The number of benzene rings is 2. The normalized spacial score (nSPS) is 15.3. The van der Waals surface area contributed by atoms with Gasteiger partial charge >= 0.3 is 0 Å². The molecule has 0 saturated heterocycles. The van der Waals surface area contributed by atoms with E-state index in [-0.39, 0.29) is 11.7 Å². The molecule has 1 aliphatic carbocycles. The second kappa shape index (κ2) is 8.30. The van der Waals surface area contributed by atoms with E-state index in [1.54, 1.807) is 11.1 Å². The number of rotatable bonds is 7. The summed E-state index contributed by atoms with van der Waals surface area (Å²) in [5.74, 6) is 2.50. The van der Waals surface area contributed by atoms with Crippen LogP contribution in [-0.2, 0) is 17.8 Å². The number of ketones is 1. The zero-order valence-electron chi connectivity index (χ0n) is 18.5. The predicted molar refractivity (Wildman–Crippen MR) is 125 cm³/mol. The van der Waals surface area contributed by atoms with Crippen LogP contribution in [0.25, 0.3) is 11.4 Å². The molecule has 2 aromatic carbocycles. The molecule has 5 nitrogen and oxygen atoms in total. The molecule has 1 fully saturated rings. The van der Waals surface area contributed by atoms with Crippen molar-refractivity contribution in [1.82, 2.24) is 9.97 Å². The monoisotopic (exact) mass is 425 g/mol. The number of aromatic nitrogens is 2.